The molecular weight excluding hydrogens is 314 g/mol. The number of carbonyl (C=O) groups is 1. The third-order valence-corrected chi connectivity index (χ3v) is 2.99. The van der Waals surface area contributed by atoms with Gasteiger partial charge in [-0.1, -0.05) is 11.8 Å². The molecule has 5 nitrogen and oxygen atoms in total. The van der Waals surface area contributed by atoms with Crippen LogP contribution >= 0.6 is 11.8 Å². The largest absolute Gasteiger partial charge is 0.573 e. The summed E-state index contributed by atoms with van der Waals surface area (Å²) in [6.07, 6.45) is -4.00. The summed E-state index contributed by atoms with van der Waals surface area (Å²) in [5.41, 5.74) is -0.231. The molecule has 0 spiro atoms. The van der Waals surface area contributed by atoms with Gasteiger partial charge < -0.3 is 10.1 Å². The van der Waals surface area contributed by atoms with Gasteiger partial charge in [-0.25, -0.2) is 4.39 Å². The third-order valence-electron chi connectivity index (χ3n) is 2.13. The number of hydrogen-bond acceptors (Lipinski definition) is 5. The summed E-state index contributed by atoms with van der Waals surface area (Å²) in [5, 5.41) is 9.69. The third kappa shape index (κ3) is 4.74. The van der Waals surface area contributed by atoms with E-state index in [1.807, 2.05) is 0 Å². The topological polar surface area (TPSA) is 63.0 Å². The molecule has 1 aliphatic rings. The molecule has 1 amide bonds. The highest BCUT2D eigenvalue weighted by molar-refractivity contribution is 8.15. The van der Waals surface area contributed by atoms with Crippen LogP contribution in [0.2, 0.25) is 0 Å². The first-order valence-corrected chi connectivity index (χ1v) is 6.41. The Labute approximate surface area is 120 Å². The van der Waals surface area contributed by atoms with E-state index in [2.05, 4.69) is 20.3 Å². The Bertz CT molecular complexity index is 616. The molecule has 1 fully saturated rings. The van der Waals surface area contributed by atoms with Crippen molar-refractivity contribution in [3.8, 4) is 5.75 Å². The number of amides is 1. The van der Waals surface area contributed by atoms with Gasteiger partial charge in [0.1, 0.15) is 11.6 Å². The molecule has 112 valence electrons. The molecule has 1 aromatic rings. The van der Waals surface area contributed by atoms with Crippen LogP contribution in [0.5, 0.6) is 5.75 Å². The highest BCUT2D eigenvalue weighted by atomic mass is 32.2. The molecule has 0 bridgehead atoms. The second kappa shape index (κ2) is 6.12. The predicted octanol–water partition coefficient (Wildman–Crippen LogP) is 2.28. The van der Waals surface area contributed by atoms with E-state index in [0.717, 1.165) is 36.2 Å². The summed E-state index contributed by atoms with van der Waals surface area (Å²) in [7, 11) is 0. The van der Waals surface area contributed by atoms with E-state index in [-0.39, 0.29) is 22.4 Å². The van der Waals surface area contributed by atoms with Gasteiger partial charge in [-0.2, -0.15) is 5.10 Å². The average molecular weight is 321 g/mol. The van der Waals surface area contributed by atoms with Crippen LogP contribution in [0, 0.1) is 5.82 Å². The van der Waals surface area contributed by atoms with Crippen LogP contribution in [0.1, 0.15) is 5.56 Å². The minimum atomic E-state index is -4.90. The normalized spacial score (nSPS) is 17.5. The van der Waals surface area contributed by atoms with Gasteiger partial charge >= 0.3 is 6.36 Å². The number of thioether (sulfide) groups is 1. The highest BCUT2D eigenvalue weighted by Gasteiger charge is 2.32. The summed E-state index contributed by atoms with van der Waals surface area (Å²) >= 11 is 1.09. The van der Waals surface area contributed by atoms with Crippen LogP contribution in [0.4, 0.5) is 17.6 Å². The number of ether oxygens (including phenoxy) is 1. The Hall–Kier alpha value is -2.10. The number of benzene rings is 1. The van der Waals surface area contributed by atoms with Crippen molar-refractivity contribution < 1.29 is 27.1 Å². The van der Waals surface area contributed by atoms with E-state index >= 15 is 0 Å². The predicted molar refractivity (Wildman–Crippen MR) is 68.7 cm³/mol. The van der Waals surface area contributed by atoms with E-state index < -0.39 is 17.9 Å². The lowest BCUT2D eigenvalue weighted by Gasteiger charge is -2.10. The van der Waals surface area contributed by atoms with Crippen molar-refractivity contribution in [1.82, 2.24) is 5.32 Å². The van der Waals surface area contributed by atoms with Crippen molar-refractivity contribution in [3.05, 3.63) is 29.6 Å². The van der Waals surface area contributed by atoms with Crippen LogP contribution < -0.4 is 10.1 Å². The number of halogens is 4. The fourth-order valence-corrected chi connectivity index (χ4v) is 1.99. The van der Waals surface area contributed by atoms with Gasteiger partial charge in [0.05, 0.1) is 12.0 Å². The van der Waals surface area contributed by atoms with E-state index in [4.69, 9.17) is 0 Å². The van der Waals surface area contributed by atoms with Crippen molar-refractivity contribution in [1.29, 1.82) is 0 Å². The monoisotopic (exact) mass is 321 g/mol. The molecule has 0 aliphatic carbocycles. The number of alkyl halides is 3. The molecule has 0 aromatic heterocycles. The molecular formula is C11H7F4N3O2S. The van der Waals surface area contributed by atoms with Gasteiger partial charge in [-0.15, -0.1) is 18.3 Å². The second-order valence-corrected chi connectivity index (χ2v) is 4.68. The maximum absolute atomic E-state index is 13.1. The van der Waals surface area contributed by atoms with Crippen LogP contribution in [0.3, 0.4) is 0 Å². The molecule has 1 N–H and O–H groups in total. The molecule has 0 saturated carbocycles. The molecule has 1 heterocycles. The van der Waals surface area contributed by atoms with Gasteiger partial charge in [0.2, 0.25) is 5.91 Å². The second-order valence-electron chi connectivity index (χ2n) is 3.72. The molecule has 0 atom stereocenters. The standard InChI is InChI=1S/C11H7F4N3O2S/c12-7-1-2-8(20-11(13,14)15)6(3-7)4-16-18-10-17-9(19)5-21-10/h1-4H,5H2,(H,17,18,19). The summed E-state index contributed by atoms with van der Waals surface area (Å²) in [6.45, 7) is 0. The first kappa shape index (κ1) is 15.3. The number of nitrogens with zero attached hydrogens (tertiary/aromatic N) is 2. The summed E-state index contributed by atoms with van der Waals surface area (Å²) < 4.78 is 53.4. The number of amidine groups is 1. The maximum Gasteiger partial charge on any atom is 0.573 e. The maximum atomic E-state index is 13.1. The lowest BCUT2D eigenvalue weighted by molar-refractivity contribution is -0.274. The van der Waals surface area contributed by atoms with Crippen molar-refractivity contribution in [2.24, 2.45) is 10.2 Å². The van der Waals surface area contributed by atoms with Crippen molar-refractivity contribution >= 4 is 29.1 Å². The van der Waals surface area contributed by atoms with Gasteiger partial charge in [-0.3, -0.25) is 4.79 Å². The van der Waals surface area contributed by atoms with Gasteiger partial charge in [0.15, 0.2) is 5.17 Å². The number of carbonyl (C=O) groups excluding carboxylic acids is 1. The quantitative estimate of drug-likeness (QED) is 0.528. The average Bonchev–Trinajstić information content (AvgIpc) is 2.77. The zero-order valence-electron chi connectivity index (χ0n) is 10.1. The van der Waals surface area contributed by atoms with Gasteiger partial charge in [0.25, 0.3) is 0 Å². The van der Waals surface area contributed by atoms with Crippen LogP contribution in [-0.4, -0.2) is 29.4 Å². The van der Waals surface area contributed by atoms with Crippen LogP contribution in [-0.2, 0) is 4.79 Å². The van der Waals surface area contributed by atoms with Crippen molar-refractivity contribution in [2.75, 3.05) is 5.75 Å². The lowest BCUT2D eigenvalue weighted by Crippen LogP contribution is -2.19. The fraction of sp³-hybridized carbons (Fsp3) is 0.182. The van der Waals surface area contributed by atoms with E-state index in [9.17, 15) is 22.4 Å². The Morgan fingerprint density at radius 3 is 2.76 bits per heavy atom. The Kier molecular flexibility index (Phi) is 4.46. The molecule has 1 saturated heterocycles. The van der Waals surface area contributed by atoms with Crippen molar-refractivity contribution in [2.45, 2.75) is 6.36 Å². The molecule has 0 unspecified atom stereocenters. The van der Waals surface area contributed by atoms with E-state index in [0.29, 0.717) is 0 Å². The first-order chi connectivity index (χ1) is 9.83. The van der Waals surface area contributed by atoms with E-state index in [1.165, 1.54) is 0 Å². The van der Waals surface area contributed by atoms with Crippen molar-refractivity contribution in [3.63, 3.8) is 0 Å². The van der Waals surface area contributed by atoms with Gasteiger partial charge in [0, 0.05) is 5.56 Å². The number of nitrogens with one attached hydrogen (secondary N) is 1. The smallest absolute Gasteiger partial charge is 0.405 e. The Morgan fingerprint density at radius 2 is 2.14 bits per heavy atom. The fourth-order valence-electron chi connectivity index (χ4n) is 1.36. The number of hydrogen-bond donors (Lipinski definition) is 1. The molecule has 1 aliphatic heterocycles. The molecule has 21 heavy (non-hydrogen) atoms. The molecule has 0 radical (unpaired) electrons. The van der Waals surface area contributed by atoms with E-state index in [1.54, 1.807) is 0 Å². The Balaban J connectivity index is 2.18. The number of rotatable bonds is 3. The summed E-state index contributed by atoms with van der Waals surface area (Å²) in [4.78, 5) is 10.9. The van der Waals surface area contributed by atoms with Crippen LogP contribution in [0.15, 0.2) is 28.4 Å². The zero-order chi connectivity index (χ0) is 15.5. The summed E-state index contributed by atoms with van der Waals surface area (Å²) in [6, 6.07) is 2.49. The minimum Gasteiger partial charge on any atom is -0.405 e. The highest BCUT2D eigenvalue weighted by Crippen LogP contribution is 2.26. The molecule has 2 rings (SSSR count). The van der Waals surface area contributed by atoms with Gasteiger partial charge in [-0.05, 0) is 18.2 Å². The molecule has 10 heteroatoms. The van der Waals surface area contributed by atoms with Crippen LogP contribution in [0.25, 0.3) is 0 Å². The first-order valence-electron chi connectivity index (χ1n) is 5.42. The minimum absolute atomic E-state index is 0.191. The zero-order valence-corrected chi connectivity index (χ0v) is 11.0. The summed E-state index contributed by atoms with van der Waals surface area (Å²) in [5.74, 6) is -1.41. The molecule has 1 aromatic carbocycles. The lowest BCUT2D eigenvalue weighted by atomic mass is 10.2. The Morgan fingerprint density at radius 1 is 1.38 bits per heavy atom. The SMILES string of the molecule is O=C1CSC(=NN=Cc2cc(F)ccc2OC(F)(F)F)N1.